The highest BCUT2D eigenvalue weighted by molar-refractivity contribution is 6.32. The average molecular weight is 519 g/mol. The first-order valence-electron chi connectivity index (χ1n) is 13.3. The quantitative estimate of drug-likeness (QED) is 0.371. The van der Waals surface area contributed by atoms with Crippen molar-refractivity contribution in [1.29, 1.82) is 0 Å². The van der Waals surface area contributed by atoms with E-state index in [1.54, 1.807) is 12.1 Å². The van der Waals surface area contributed by atoms with Crippen molar-refractivity contribution < 1.29 is 9.53 Å². The number of piperidine rings is 1. The molecule has 1 aromatic heterocycles. The zero-order chi connectivity index (χ0) is 25.8. The Morgan fingerprint density at radius 1 is 1.11 bits per heavy atom. The smallest absolute Gasteiger partial charge is 0.248 e. The molecule has 1 N–H and O–H groups in total. The molecule has 0 spiro atoms. The molecule has 2 saturated heterocycles. The van der Waals surface area contributed by atoms with E-state index >= 15 is 0 Å². The summed E-state index contributed by atoms with van der Waals surface area (Å²) < 4.78 is 5.46. The molecule has 194 valence electrons. The Bertz CT molecular complexity index is 1290. The highest BCUT2D eigenvalue weighted by Gasteiger charge is 2.27. The summed E-state index contributed by atoms with van der Waals surface area (Å²) in [7, 11) is 0. The molecular formula is C30H35ClN4O2. The SMILES string of the molecule is CCOc1ccc(/C=C/C(=O)Nc2ccc3nc(N4CCC(N5CCCC5)CC4)cc(C)c3c2)c(Cl)c1. The van der Waals surface area contributed by atoms with Crippen LogP contribution in [0.1, 0.15) is 43.7 Å². The van der Waals surface area contributed by atoms with Crippen LogP contribution in [0.4, 0.5) is 11.5 Å². The Morgan fingerprint density at radius 3 is 2.62 bits per heavy atom. The van der Waals surface area contributed by atoms with Crippen molar-refractivity contribution in [2.75, 3.05) is 43.0 Å². The minimum atomic E-state index is -0.215. The van der Waals surface area contributed by atoms with E-state index < -0.39 is 0 Å². The number of nitrogens with zero attached hydrogens (tertiary/aromatic N) is 3. The summed E-state index contributed by atoms with van der Waals surface area (Å²) >= 11 is 6.32. The second-order valence-corrected chi connectivity index (χ2v) is 10.3. The number of benzene rings is 2. The molecule has 6 nitrogen and oxygen atoms in total. The molecule has 2 aliphatic heterocycles. The number of anilines is 2. The van der Waals surface area contributed by atoms with E-state index in [2.05, 4.69) is 28.1 Å². The zero-order valence-electron chi connectivity index (χ0n) is 21.7. The number of halogens is 1. The van der Waals surface area contributed by atoms with Crippen LogP contribution in [0.2, 0.25) is 5.02 Å². The van der Waals surface area contributed by atoms with Crippen molar-refractivity contribution in [2.24, 2.45) is 0 Å². The number of fused-ring (bicyclic) bond motifs is 1. The lowest BCUT2D eigenvalue weighted by molar-refractivity contribution is -0.111. The van der Waals surface area contributed by atoms with E-state index in [4.69, 9.17) is 21.3 Å². The molecule has 0 saturated carbocycles. The van der Waals surface area contributed by atoms with E-state index in [-0.39, 0.29) is 5.91 Å². The monoisotopic (exact) mass is 518 g/mol. The van der Waals surface area contributed by atoms with Crippen molar-refractivity contribution in [3.63, 3.8) is 0 Å². The molecule has 7 heteroatoms. The fraction of sp³-hybridized carbons (Fsp3) is 0.400. The molecule has 0 aliphatic carbocycles. The van der Waals surface area contributed by atoms with E-state index in [1.807, 2.05) is 37.3 Å². The third-order valence-electron chi connectivity index (χ3n) is 7.41. The number of pyridine rings is 1. The van der Waals surface area contributed by atoms with Crippen LogP contribution in [0.25, 0.3) is 17.0 Å². The maximum Gasteiger partial charge on any atom is 0.248 e. The number of carbonyl (C=O) groups excluding carboxylic acids is 1. The molecule has 0 radical (unpaired) electrons. The Balaban J connectivity index is 1.23. The van der Waals surface area contributed by atoms with Crippen LogP contribution >= 0.6 is 11.6 Å². The molecule has 0 bridgehead atoms. The fourth-order valence-corrected chi connectivity index (χ4v) is 5.67. The van der Waals surface area contributed by atoms with Gasteiger partial charge in [0.2, 0.25) is 5.91 Å². The van der Waals surface area contributed by atoms with Gasteiger partial charge in [-0.25, -0.2) is 4.98 Å². The van der Waals surface area contributed by atoms with Gasteiger partial charge in [0, 0.05) is 36.3 Å². The lowest BCUT2D eigenvalue weighted by atomic mass is 10.0. The van der Waals surface area contributed by atoms with Gasteiger partial charge in [-0.3, -0.25) is 4.79 Å². The molecule has 2 aromatic carbocycles. The lowest BCUT2D eigenvalue weighted by Gasteiger charge is -2.37. The summed E-state index contributed by atoms with van der Waals surface area (Å²) in [5, 5.41) is 4.54. The van der Waals surface area contributed by atoms with Gasteiger partial charge in [0.05, 0.1) is 17.1 Å². The molecule has 37 heavy (non-hydrogen) atoms. The second-order valence-electron chi connectivity index (χ2n) is 9.93. The minimum Gasteiger partial charge on any atom is -0.494 e. The minimum absolute atomic E-state index is 0.215. The highest BCUT2D eigenvalue weighted by atomic mass is 35.5. The van der Waals surface area contributed by atoms with Gasteiger partial charge in [-0.15, -0.1) is 0 Å². The fourth-order valence-electron chi connectivity index (χ4n) is 5.43. The summed E-state index contributed by atoms with van der Waals surface area (Å²) in [6.07, 6.45) is 8.31. The zero-order valence-corrected chi connectivity index (χ0v) is 22.4. The normalized spacial score (nSPS) is 17.1. The van der Waals surface area contributed by atoms with Crippen LogP contribution in [0, 0.1) is 6.92 Å². The predicted molar refractivity (Wildman–Crippen MR) is 153 cm³/mol. The standard InChI is InChI=1S/C30H35ClN4O2/c1-3-37-25-9-6-22(27(31)20-25)7-11-30(36)32-23-8-10-28-26(19-23)21(2)18-29(33-28)35-16-12-24(13-17-35)34-14-4-5-15-34/h6-11,18-20,24H,3-5,12-17H2,1-2H3,(H,32,36)/b11-7+. The summed E-state index contributed by atoms with van der Waals surface area (Å²) in [6.45, 7) is 9.26. The molecule has 0 atom stereocenters. The largest absolute Gasteiger partial charge is 0.494 e. The van der Waals surface area contributed by atoms with E-state index in [9.17, 15) is 4.79 Å². The first-order chi connectivity index (χ1) is 18.0. The second kappa shape index (κ2) is 11.5. The summed E-state index contributed by atoms with van der Waals surface area (Å²) in [5.41, 5.74) is 3.61. The number of hydrogen-bond acceptors (Lipinski definition) is 5. The van der Waals surface area contributed by atoms with Gasteiger partial charge >= 0.3 is 0 Å². The molecule has 0 unspecified atom stereocenters. The van der Waals surface area contributed by atoms with Gasteiger partial charge < -0.3 is 19.9 Å². The molecule has 2 aliphatic rings. The molecule has 1 amide bonds. The number of nitrogens with one attached hydrogen (secondary N) is 1. The number of ether oxygens (including phenoxy) is 1. The van der Waals surface area contributed by atoms with Crippen LogP contribution in [0.3, 0.4) is 0 Å². The highest BCUT2D eigenvalue weighted by Crippen LogP contribution is 2.29. The summed E-state index contributed by atoms with van der Waals surface area (Å²) in [5.74, 6) is 1.55. The number of hydrogen-bond donors (Lipinski definition) is 1. The topological polar surface area (TPSA) is 57.7 Å². The molecular weight excluding hydrogens is 484 g/mol. The maximum atomic E-state index is 12.6. The first kappa shape index (κ1) is 25.6. The van der Waals surface area contributed by atoms with E-state index in [0.29, 0.717) is 17.4 Å². The Kier molecular flexibility index (Phi) is 7.96. The van der Waals surface area contributed by atoms with Gasteiger partial charge in [0.25, 0.3) is 0 Å². The van der Waals surface area contributed by atoms with Crippen LogP contribution in [0.5, 0.6) is 5.75 Å². The third kappa shape index (κ3) is 6.08. The number of amides is 1. The average Bonchev–Trinajstić information content (AvgIpc) is 3.44. The van der Waals surface area contributed by atoms with Crippen molar-refractivity contribution in [3.8, 4) is 5.75 Å². The summed E-state index contributed by atoms with van der Waals surface area (Å²) in [4.78, 5) is 22.6. The molecule has 3 heterocycles. The summed E-state index contributed by atoms with van der Waals surface area (Å²) in [6, 6.07) is 14.2. The Hall–Kier alpha value is -3.09. The molecule has 3 aromatic rings. The molecule has 5 rings (SSSR count). The maximum absolute atomic E-state index is 12.6. The van der Waals surface area contributed by atoms with Crippen molar-refractivity contribution in [3.05, 3.63) is 64.7 Å². The van der Waals surface area contributed by atoms with Crippen molar-refractivity contribution >= 4 is 46.0 Å². The predicted octanol–water partition coefficient (Wildman–Crippen LogP) is 6.31. The van der Waals surface area contributed by atoms with Gasteiger partial charge in [0.15, 0.2) is 0 Å². The lowest BCUT2D eigenvalue weighted by Crippen LogP contribution is -2.44. The van der Waals surface area contributed by atoms with Crippen molar-refractivity contribution in [2.45, 2.75) is 45.6 Å². The Labute approximate surface area is 224 Å². The van der Waals surface area contributed by atoms with Crippen LogP contribution in [0.15, 0.2) is 48.5 Å². The van der Waals surface area contributed by atoms with E-state index in [1.165, 1.54) is 44.8 Å². The number of carbonyl (C=O) groups is 1. The van der Waals surface area contributed by atoms with Gasteiger partial charge in [-0.2, -0.15) is 0 Å². The van der Waals surface area contributed by atoms with Crippen LogP contribution in [-0.2, 0) is 4.79 Å². The third-order valence-corrected chi connectivity index (χ3v) is 7.74. The Morgan fingerprint density at radius 2 is 1.89 bits per heavy atom. The van der Waals surface area contributed by atoms with Gasteiger partial charge in [0.1, 0.15) is 11.6 Å². The van der Waals surface area contributed by atoms with Gasteiger partial charge in [-0.05, 0) is 112 Å². The number of aromatic nitrogens is 1. The molecule has 2 fully saturated rings. The van der Waals surface area contributed by atoms with Crippen LogP contribution < -0.4 is 15.0 Å². The van der Waals surface area contributed by atoms with E-state index in [0.717, 1.165) is 52.7 Å². The van der Waals surface area contributed by atoms with Crippen molar-refractivity contribution in [1.82, 2.24) is 9.88 Å². The van der Waals surface area contributed by atoms with Gasteiger partial charge in [-0.1, -0.05) is 11.6 Å². The van der Waals surface area contributed by atoms with Crippen LogP contribution in [-0.4, -0.2) is 54.6 Å². The number of aryl methyl sites for hydroxylation is 1. The number of rotatable bonds is 7. The number of likely N-dealkylation sites (tertiary alicyclic amines) is 1. The first-order valence-corrected chi connectivity index (χ1v) is 13.7.